The van der Waals surface area contributed by atoms with Gasteiger partial charge in [-0.25, -0.2) is 4.39 Å². The molecule has 8 heteroatoms. The summed E-state index contributed by atoms with van der Waals surface area (Å²) in [6, 6.07) is 4.38. The number of morpholine rings is 1. The first-order valence-corrected chi connectivity index (χ1v) is 9.07. The molecule has 0 aliphatic carbocycles. The van der Waals surface area contributed by atoms with Crippen molar-refractivity contribution in [3.8, 4) is 5.75 Å². The molecule has 2 amide bonds. The molecule has 0 bridgehead atoms. The van der Waals surface area contributed by atoms with Crippen LogP contribution in [-0.2, 0) is 9.53 Å². The molecule has 2 saturated heterocycles. The van der Waals surface area contributed by atoms with E-state index in [0.717, 1.165) is 6.42 Å². The van der Waals surface area contributed by atoms with Crippen LogP contribution in [0.25, 0.3) is 0 Å². The Hall–Kier alpha value is -2.19. The standard InChI is InChI=1S/C19H26FN3O4/c1-22(2)18(24)8-15-10-23-9-13(7-14(23)11-27-15)21-19(25)12-4-5-17(26-3)16(20)6-12/h4-6,13-15H,7-11H2,1-3H3,(H,21,25)/t13-,14+,15+/m1/s1. The minimum Gasteiger partial charge on any atom is -0.494 e. The second kappa shape index (κ2) is 8.22. The molecule has 2 fully saturated rings. The zero-order valence-corrected chi connectivity index (χ0v) is 15.9. The van der Waals surface area contributed by atoms with Crippen molar-refractivity contribution >= 4 is 11.8 Å². The molecule has 7 nitrogen and oxygen atoms in total. The number of nitrogens with one attached hydrogen (secondary N) is 1. The number of hydrogen-bond donors (Lipinski definition) is 1. The quantitative estimate of drug-likeness (QED) is 0.823. The van der Waals surface area contributed by atoms with Crippen molar-refractivity contribution in [2.45, 2.75) is 31.0 Å². The van der Waals surface area contributed by atoms with Gasteiger partial charge in [0.2, 0.25) is 5.91 Å². The van der Waals surface area contributed by atoms with Crippen molar-refractivity contribution in [1.82, 2.24) is 15.1 Å². The van der Waals surface area contributed by atoms with Gasteiger partial charge in [-0.05, 0) is 24.6 Å². The molecule has 27 heavy (non-hydrogen) atoms. The Morgan fingerprint density at radius 1 is 1.37 bits per heavy atom. The Morgan fingerprint density at radius 2 is 2.15 bits per heavy atom. The summed E-state index contributed by atoms with van der Waals surface area (Å²) in [4.78, 5) is 28.1. The van der Waals surface area contributed by atoms with E-state index in [2.05, 4.69) is 10.2 Å². The number of carbonyl (C=O) groups is 2. The number of methoxy groups -OCH3 is 1. The van der Waals surface area contributed by atoms with Gasteiger partial charge >= 0.3 is 0 Å². The topological polar surface area (TPSA) is 71.1 Å². The lowest BCUT2D eigenvalue weighted by molar-refractivity contribution is -0.134. The molecule has 2 heterocycles. The van der Waals surface area contributed by atoms with E-state index in [0.29, 0.717) is 26.1 Å². The van der Waals surface area contributed by atoms with Crippen LogP contribution < -0.4 is 10.1 Å². The van der Waals surface area contributed by atoms with Crippen molar-refractivity contribution in [3.63, 3.8) is 0 Å². The third-order valence-electron chi connectivity index (χ3n) is 5.14. The smallest absolute Gasteiger partial charge is 0.251 e. The lowest BCUT2D eigenvalue weighted by Crippen LogP contribution is -2.47. The summed E-state index contributed by atoms with van der Waals surface area (Å²) in [5.74, 6) is -0.707. The number of hydrogen-bond acceptors (Lipinski definition) is 5. The summed E-state index contributed by atoms with van der Waals surface area (Å²) in [7, 11) is 4.85. The van der Waals surface area contributed by atoms with E-state index in [1.54, 1.807) is 25.1 Å². The number of benzene rings is 1. The Bertz CT molecular complexity index is 712. The van der Waals surface area contributed by atoms with E-state index in [9.17, 15) is 14.0 Å². The molecule has 1 N–H and O–H groups in total. The highest BCUT2D eigenvalue weighted by molar-refractivity contribution is 5.94. The molecule has 1 aromatic carbocycles. The Labute approximate surface area is 158 Å². The van der Waals surface area contributed by atoms with E-state index >= 15 is 0 Å². The Kier molecular flexibility index (Phi) is 5.96. The monoisotopic (exact) mass is 379 g/mol. The predicted molar refractivity (Wildman–Crippen MR) is 97.2 cm³/mol. The summed E-state index contributed by atoms with van der Waals surface area (Å²) >= 11 is 0. The SMILES string of the molecule is COc1ccc(C(=O)N[C@@H]2C[C@H]3CO[C@@H](CC(=O)N(C)C)CN3C2)cc1F. The molecular formula is C19H26FN3O4. The van der Waals surface area contributed by atoms with E-state index in [1.165, 1.54) is 19.2 Å². The first kappa shape index (κ1) is 19.6. The predicted octanol–water partition coefficient (Wildman–Crippen LogP) is 0.884. The number of rotatable bonds is 5. The summed E-state index contributed by atoms with van der Waals surface area (Å²) in [6.45, 7) is 1.92. The normalized spacial score (nSPS) is 25.0. The van der Waals surface area contributed by atoms with Crippen LogP contribution >= 0.6 is 0 Å². The average molecular weight is 379 g/mol. The van der Waals surface area contributed by atoms with Gasteiger partial charge < -0.3 is 19.7 Å². The molecule has 2 aliphatic rings. The molecule has 0 spiro atoms. The van der Waals surface area contributed by atoms with Crippen LogP contribution in [0, 0.1) is 5.82 Å². The molecule has 0 saturated carbocycles. The minimum absolute atomic E-state index is 0.0282. The second-order valence-electron chi connectivity index (χ2n) is 7.31. The third-order valence-corrected chi connectivity index (χ3v) is 5.14. The maximum Gasteiger partial charge on any atom is 0.251 e. The minimum atomic E-state index is -0.559. The molecule has 148 valence electrons. The van der Waals surface area contributed by atoms with Gasteiger partial charge in [-0.2, -0.15) is 0 Å². The van der Waals surface area contributed by atoms with Gasteiger partial charge in [0.1, 0.15) is 0 Å². The number of fused-ring (bicyclic) bond motifs is 1. The van der Waals surface area contributed by atoms with Crippen molar-refractivity contribution in [2.24, 2.45) is 0 Å². The van der Waals surface area contributed by atoms with E-state index < -0.39 is 5.82 Å². The highest BCUT2D eigenvalue weighted by Crippen LogP contribution is 2.25. The van der Waals surface area contributed by atoms with Crippen LogP contribution in [0.4, 0.5) is 4.39 Å². The fraction of sp³-hybridized carbons (Fsp3) is 0.579. The van der Waals surface area contributed by atoms with Gasteiger partial charge in [-0.15, -0.1) is 0 Å². The molecule has 2 aliphatic heterocycles. The highest BCUT2D eigenvalue weighted by Gasteiger charge is 2.38. The molecule has 0 radical (unpaired) electrons. The largest absolute Gasteiger partial charge is 0.494 e. The van der Waals surface area contributed by atoms with Crippen molar-refractivity contribution in [2.75, 3.05) is 40.9 Å². The Morgan fingerprint density at radius 3 is 2.81 bits per heavy atom. The lowest BCUT2D eigenvalue weighted by Gasteiger charge is -2.35. The van der Waals surface area contributed by atoms with Gasteiger partial charge in [-0.1, -0.05) is 0 Å². The van der Waals surface area contributed by atoms with Gasteiger partial charge in [0.05, 0.1) is 26.2 Å². The number of amides is 2. The van der Waals surface area contributed by atoms with Crippen molar-refractivity contribution < 1.29 is 23.5 Å². The van der Waals surface area contributed by atoms with Crippen molar-refractivity contribution in [1.29, 1.82) is 0 Å². The number of ether oxygens (including phenoxy) is 2. The third kappa shape index (κ3) is 4.56. The zero-order valence-electron chi connectivity index (χ0n) is 15.9. The molecule has 3 rings (SSSR count). The summed E-state index contributed by atoms with van der Waals surface area (Å²) < 4.78 is 24.5. The molecule has 0 unspecified atom stereocenters. The first-order chi connectivity index (χ1) is 12.9. The highest BCUT2D eigenvalue weighted by atomic mass is 19.1. The first-order valence-electron chi connectivity index (χ1n) is 9.07. The van der Waals surface area contributed by atoms with Crippen molar-refractivity contribution in [3.05, 3.63) is 29.6 Å². The zero-order chi connectivity index (χ0) is 19.6. The maximum absolute atomic E-state index is 13.8. The molecule has 3 atom stereocenters. The maximum atomic E-state index is 13.8. The summed E-state index contributed by atoms with van der Waals surface area (Å²) in [6.07, 6.45) is 1.01. The molecule has 0 aromatic heterocycles. The van der Waals surface area contributed by atoms with Gasteiger partial charge in [0.25, 0.3) is 5.91 Å². The Balaban J connectivity index is 1.54. The van der Waals surface area contributed by atoms with Crippen LogP contribution in [0.2, 0.25) is 0 Å². The average Bonchev–Trinajstić information content (AvgIpc) is 3.02. The van der Waals surface area contributed by atoms with Crippen LogP contribution in [0.15, 0.2) is 18.2 Å². The van der Waals surface area contributed by atoms with E-state index in [1.807, 2.05) is 0 Å². The van der Waals surface area contributed by atoms with Gasteiger partial charge in [0, 0.05) is 44.8 Å². The fourth-order valence-electron chi connectivity index (χ4n) is 3.62. The van der Waals surface area contributed by atoms with Gasteiger partial charge in [-0.3, -0.25) is 14.5 Å². The lowest BCUT2D eigenvalue weighted by atomic mass is 10.1. The van der Waals surface area contributed by atoms with Crippen LogP contribution in [0.3, 0.4) is 0 Å². The second-order valence-corrected chi connectivity index (χ2v) is 7.31. The summed E-state index contributed by atoms with van der Waals surface area (Å²) in [5, 5.41) is 2.97. The summed E-state index contributed by atoms with van der Waals surface area (Å²) in [5.41, 5.74) is 0.267. The molecule has 1 aromatic rings. The molecular weight excluding hydrogens is 353 g/mol. The number of halogens is 1. The van der Waals surface area contributed by atoms with E-state index in [4.69, 9.17) is 9.47 Å². The fourth-order valence-corrected chi connectivity index (χ4v) is 3.62. The van der Waals surface area contributed by atoms with Crippen LogP contribution in [0.1, 0.15) is 23.2 Å². The number of carbonyl (C=O) groups excluding carboxylic acids is 2. The van der Waals surface area contributed by atoms with Gasteiger partial charge in [0.15, 0.2) is 11.6 Å². The number of nitrogens with zero attached hydrogens (tertiary/aromatic N) is 2. The van der Waals surface area contributed by atoms with Crippen LogP contribution in [0.5, 0.6) is 5.75 Å². The van der Waals surface area contributed by atoms with E-state index in [-0.39, 0.29) is 41.3 Å². The van der Waals surface area contributed by atoms with Crippen LogP contribution in [-0.4, -0.2) is 80.7 Å².